The molecule has 0 saturated carbocycles. The molecule has 2 atom stereocenters. The van der Waals surface area contributed by atoms with E-state index in [1.165, 1.54) is 0 Å². The molecule has 0 bridgehead atoms. The lowest BCUT2D eigenvalue weighted by Crippen LogP contribution is -2.39. The number of nitrogens with one attached hydrogen (secondary N) is 1. The molecule has 1 heterocycles. The minimum atomic E-state index is -0.568. The van der Waals surface area contributed by atoms with Gasteiger partial charge in [0, 0.05) is 0 Å². The normalized spacial score (nSPS) is 32.4. The molecule has 0 aliphatic carbocycles. The predicted octanol–water partition coefficient (Wildman–Crippen LogP) is -2.48. The fraction of sp³-hybridized carbons (Fsp3) is 0.800. The Morgan fingerprint density at radius 3 is 2.82 bits per heavy atom. The molecule has 1 rings (SSSR count). The lowest BCUT2D eigenvalue weighted by atomic mass is 10.2. The Morgan fingerprint density at radius 2 is 2.36 bits per heavy atom. The Labute approximate surface area is 64.2 Å². The van der Waals surface area contributed by atoms with Crippen LogP contribution in [0.25, 0.3) is 0 Å². The van der Waals surface area contributed by atoms with Crippen molar-refractivity contribution in [2.24, 2.45) is 16.6 Å². The molecule has 0 aromatic carbocycles. The number of aliphatic hydroxyl groups excluding tert-OH is 1. The van der Waals surface area contributed by atoms with E-state index in [0.717, 1.165) is 0 Å². The second-order valence-electron chi connectivity index (χ2n) is 2.33. The van der Waals surface area contributed by atoms with Gasteiger partial charge in [-0.2, -0.15) is 0 Å². The second kappa shape index (κ2) is 3.51. The highest BCUT2D eigenvalue weighted by Crippen LogP contribution is 2.08. The topological polar surface area (TPSA) is 106 Å². The van der Waals surface area contributed by atoms with Crippen molar-refractivity contribution in [3.63, 3.8) is 0 Å². The maximum atomic E-state index is 9.18. The number of aliphatic hydroxyl groups is 1. The molecule has 1 fully saturated rings. The van der Waals surface area contributed by atoms with E-state index >= 15 is 0 Å². The van der Waals surface area contributed by atoms with Crippen LogP contribution in [0, 0.1) is 0 Å². The fourth-order valence-corrected chi connectivity index (χ4v) is 0.871. The minimum Gasteiger partial charge on any atom is -0.388 e. The first-order valence-corrected chi connectivity index (χ1v) is 3.29. The molecule has 6 nitrogen and oxygen atoms in total. The van der Waals surface area contributed by atoms with Crippen molar-refractivity contribution in [1.29, 1.82) is 0 Å². The van der Waals surface area contributed by atoms with Crippen LogP contribution in [0.3, 0.4) is 0 Å². The van der Waals surface area contributed by atoms with Gasteiger partial charge >= 0.3 is 0 Å². The van der Waals surface area contributed by atoms with Crippen LogP contribution in [0.1, 0.15) is 0 Å². The summed E-state index contributed by atoms with van der Waals surface area (Å²) in [5.41, 5.74) is 7.44. The average molecular weight is 160 g/mol. The molecule has 2 unspecified atom stereocenters. The van der Waals surface area contributed by atoms with Crippen LogP contribution >= 0.6 is 0 Å². The average Bonchev–Trinajstić information content (AvgIpc) is 2.37. The summed E-state index contributed by atoms with van der Waals surface area (Å²) in [5.74, 6) is 5.08. The fourth-order valence-electron chi connectivity index (χ4n) is 0.871. The number of ether oxygens (including phenoxy) is 1. The zero-order chi connectivity index (χ0) is 8.27. The molecule has 1 saturated heterocycles. The first-order valence-electron chi connectivity index (χ1n) is 3.29. The maximum Gasteiger partial charge on any atom is 0.203 e. The van der Waals surface area contributed by atoms with Gasteiger partial charge in [-0.15, -0.1) is 0 Å². The van der Waals surface area contributed by atoms with Gasteiger partial charge in [0.2, 0.25) is 5.96 Å². The van der Waals surface area contributed by atoms with Crippen molar-refractivity contribution < 1.29 is 9.84 Å². The lowest BCUT2D eigenvalue weighted by Gasteiger charge is -2.07. The first kappa shape index (κ1) is 8.25. The minimum absolute atomic E-state index is 0.111. The summed E-state index contributed by atoms with van der Waals surface area (Å²) in [6.07, 6.45) is -0.568. The van der Waals surface area contributed by atoms with Gasteiger partial charge in [0.15, 0.2) is 0 Å². The predicted molar refractivity (Wildman–Crippen MR) is 39.6 cm³/mol. The molecule has 1 aliphatic rings. The molecule has 0 spiro atoms. The summed E-state index contributed by atoms with van der Waals surface area (Å²) >= 11 is 0. The van der Waals surface area contributed by atoms with Gasteiger partial charge in [-0.25, -0.2) is 10.8 Å². The number of hydrazine groups is 1. The number of hydrogen-bond donors (Lipinski definition) is 4. The SMILES string of the molecule is NNC(N)=NC1COCC1O. The third-order valence-electron chi connectivity index (χ3n) is 1.47. The van der Waals surface area contributed by atoms with Gasteiger partial charge in [-0.3, -0.25) is 5.43 Å². The van der Waals surface area contributed by atoms with Gasteiger partial charge in [0.1, 0.15) is 12.1 Å². The van der Waals surface area contributed by atoms with E-state index in [1.54, 1.807) is 0 Å². The number of hydrogen-bond acceptors (Lipinski definition) is 4. The van der Waals surface area contributed by atoms with Crippen LogP contribution in [-0.2, 0) is 4.74 Å². The van der Waals surface area contributed by atoms with Crippen molar-refractivity contribution in [3.05, 3.63) is 0 Å². The summed E-state index contributed by atoms with van der Waals surface area (Å²) in [4.78, 5) is 3.86. The molecule has 0 aromatic heterocycles. The standard InChI is InChI=1S/C5H12N4O2/c6-5(9-7)8-3-1-11-2-4(3)10/h3-4,10H,1-2,7H2,(H3,6,8,9). The third-order valence-corrected chi connectivity index (χ3v) is 1.47. The van der Waals surface area contributed by atoms with Gasteiger partial charge in [-0.05, 0) is 0 Å². The lowest BCUT2D eigenvalue weighted by molar-refractivity contribution is 0.125. The molecule has 0 aromatic rings. The van der Waals surface area contributed by atoms with Crippen molar-refractivity contribution in [2.75, 3.05) is 13.2 Å². The smallest absolute Gasteiger partial charge is 0.203 e. The van der Waals surface area contributed by atoms with Crippen LogP contribution in [0.15, 0.2) is 4.99 Å². The Kier molecular flexibility index (Phi) is 2.64. The zero-order valence-electron chi connectivity index (χ0n) is 6.03. The maximum absolute atomic E-state index is 9.18. The number of guanidine groups is 1. The number of rotatable bonds is 1. The van der Waals surface area contributed by atoms with E-state index in [9.17, 15) is 5.11 Å². The first-order chi connectivity index (χ1) is 5.24. The van der Waals surface area contributed by atoms with E-state index in [1.807, 2.05) is 0 Å². The number of nitrogens with zero attached hydrogens (tertiary/aromatic N) is 1. The molecule has 0 radical (unpaired) electrons. The van der Waals surface area contributed by atoms with Gasteiger partial charge < -0.3 is 15.6 Å². The van der Waals surface area contributed by atoms with Crippen LogP contribution in [-0.4, -0.2) is 36.4 Å². The highest BCUT2D eigenvalue weighted by atomic mass is 16.5. The summed E-state index contributed by atoms with van der Waals surface area (Å²) in [6, 6.07) is -0.286. The second-order valence-corrected chi connectivity index (χ2v) is 2.33. The highest BCUT2D eigenvalue weighted by Gasteiger charge is 2.25. The van der Waals surface area contributed by atoms with Crippen molar-refractivity contribution in [1.82, 2.24) is 5.43 Å². The van der Waals surface area contributed by atoms with Gasteiger partial charge in [0.05, 0.1) is 13.2 Å². The zero-order valence-corrected chi connectivity index (χ0v) is 6.03. The monoisotopic (exact) mass is 160 g/mol. The molecule has 11 heavy (non-hydrogen) atoms. The Morgan fingerprint density at radius 1 is 1.64 bits per heavy atom. The largest absolute Gasteiger partial charge is 0.388 e. The van der Waals surface area contributed by atoms with Gasteiger partial charge in [0.25, 0.3) is 0 Å². The molecule has 1 aliphatic heterocycles. The molecule has 6 N–H and O–H groups in total. The van der Waals surface area contributed by atoms with Crippen LogP contribution in [0.4, 0.5) is 0 Å². The third kappa shape index (κ3) is 2.04. The molecule has 0 amide bonds. The van der Waals surface area contributed by atoms with E-state index in [0.29, 0.717) is 13.2 Å². The van der Waals surface area contributed by atoms with Crippen LogP contribution < -0.4 is 17.0 Å². The van der Waals surface area contributed by atoms with E-state index in [4.69, 9.17) is 16.3 Å². The van der Waals surface area contributed by atoms with E-state index in [-0.39, 0.29) is 12.0 Å². The van der Waals surface area contributed by atoms with Crippen LogP contribution in [0.2, 0.25) is 0 Å². The number of aliphatic imine (C=N–C) groups is 1. The highest BCUT2D eigenvalue weighted by molar-refractivity contribution is 5.77. The Balaban J connectivity index is 2.47. The molecular formula is C5H12N4O2. The Bertz CT molecular complexity index is 161. The molecular weight excluding hydrogens is 148 g/mol. The summed E-state index contributed by atoms with van der Waals surface area (Å²) in [5, 5.41) is 9.18. The van der Waals surface area contributed by atoms with E-state index < -0.39 is 6.10 Å². The van der Waals surface area contributed by atoms with Crippen molar-refractivity contribution >= 4 is 5.96 Å². The van der Waals surface area contributed by atoms with Crippen molar-refractivity contribution in [3.8, 4) is 0 Å². The summed E-state index contributed by atoms with van der Waals surface area (Å²) in [7, 11) is 0. The van der Waals surface area contributed by atoms with Gasteiger partial charge in [-0.1, -0.05) is 0 Å². The quantitative estimate of drug-likeness (QED) is 0.147. The summed E-state index contributed by atoms with van der Waals surface area (Å²) < 4.78 is 4.93. The Hall–Kier alpha value is -0.850. The summed E-state index contributed by atoms with van der Waals surface area (Å²) in [6.45, 7) is 0.704. The molecule has 6 heteroatoms. The van der Waals surface area contributed by atoms with E-state index in [2.05, 4.69) is 10.4 Å². The van der Waals surface area contributed by atoms with Crippen molar-refractivity contribution in [2.45, 2.75) is 12.1 Å². The van der Waals surface area contributed by atoms with Crippen LogP contribution in [0.5, 0.6) is 0 Å². The molecule has 64 valence electrons. The number of nitrogens with two attached hydrogens (primary N) is 2.